The van der Waals surface area contributed by atoms with Crippen molar-refractivity contribution >= 4 is 27.8 Å². The van der Waals surface area contributed by atoms with Gasteiger partial charge < -0.3 is 14.5 Å². The summed E-state index contributed by atoms with van der Waals surface area (Å²) >= 11 is 3.14. The normalized spacial score (nSPS) is 16.1. The van der Waals surface area contributed by atoms with E-state index in [1.807, 2.05) is 0 Å². The van der Waals surface area contributed by atoms with E-state index in [9.17, 15) is 9.59 Å². The number of methoxy groups -OCH3 is 1. The van der Waals surface area contributed by atoms with Gasteiger partial charge in [-0.15, -0.1) is 0 Å². The van der Waals surface area contributed by atoms with E-state index in [4.69, 9.17) is 4.42 Å². The molecular weight excluding hydrogens is 302 g/mol. The second-order valence-electron chi connectivity index (χ2n) is 4.30. The van der Waals surface area contributed by atoms with E-state index in [2.05, 4.69) is 26.0 Å². The number of halogens is 1. The number of carbonyl (C=O) groups excluding carboxylic acids is 2. The van der Waals surface area contributed by atoms with Gasteiger partial charge in [0.1, 0.15) is 0 Å². The van der Waals surface area contributed by atoms with E-state index < -0.39 is 0 Å². The molecule has 1 atom stereocenters. The molecule has 5 nitrogen and oxygen atoms in total. The zero-order valence-corrected chi connectivity index (χ0v) is 11.5. The van der Waals surface area contributed by atoms with Crippen LogP contribution in [-0.4, -0.2) is 25.0 Å². The van der Waals surface area contributed by atoms with Crippen LogP contribution >= 0.6 is 15.9 Å². The Hall–Kier alpha value is -1.30. The topological polar surface area (TPSA) is 68.5 Å². The maximum absolute atomic E-state index is 11.9. The number of carbonyl (C=O) groups is 2. The molecule has 18 heavy (non-hydrogen) atoms. The molecule has 1 aliphatic rings. The lowest BCUT2D eigenvalue weighted by atomic mass is 10.1. The number of nitrogens with one attached hydrogen (secondary N) is 1. The molecule has 6 heteroatoms. The van der Waals surface area contributed by atoms with Gasteiger partial charge in [0, 0.05) is 6.04 Å². The van der Waals surface area contributed by atoms with E-state index in [0.717, 1.165) is 12.8 Å². The summed E-state index contributed by atoms with van der Waals surface area (Å²) in [5, 5.41) is 2.82. The maximum Gasteiger partial charge on any atom is 0.307 e. The maximum atomic E-state index is 11.9. The Labute approximate surface area is 113 Å². The minimum Gasteiger partial charge on any atom is -0.469 e. The van der Waals surface area contributed by atoms with Gasteiger partial charge in [0.25, 0.3) is 5.91 Å². The molecule has 1 heterocycles. The average molecular weight is 316 g/mol. The third-order valence-corrected chi connectivity index (χ3v) is 3.34. The van der Waals surface area contributed by atoms with Crippen molar-refractivity contribution in [2.24, 2.45) is 5.92 Å². The Morgan fingerprint density at radius 2 is 2.28 bits per heavy atom. The lowest BCUT2D eigenvalue weighted by Gasteiger charge is -2.16. The van der Waals surface area contributed by atoms with Crippen molar-refractivity contribution in [3.63, 3.8) is 0 Å². The molecule has 2 rings (SSSR count). The van der Waals surface area contributed by atoms with E-state index in [-0.39, 0.29) is 30.1 Å². The van der Waals surface area contributed by atoms with Crippen LogP contribution in [0.1, 0.15) is 29.8 Å². The Morgan fingerprint density at radius 3 is 2.78 bits per heavy atom. The van der Waals surface area contributed by atoms with E-state index in [0.29, 0.717) is 10.6 Å². The van der Waals surface area contributed by atoms with E-state index >= 15 is 0 Å². The second-order valence-corrected chi connectivity index (χ2v) is 5.08. The summed E-state index contributed by atoms with van der Waals surface area (Å²) in [6, 6.07) is 3.07. The first kappa shape index (κ1) is 13.1. The quantitative estimate of drug-likeness (QED) is 0.845. The fraction of sp³-hybridized carbons (Fsp3) is 0.500. The number of hydrogen-bond donors (Lipinski definition) is 1. The molecule has 1 amide bonds. The number of ether oxygens (including phenoxy) is 1. The van der Waals surface area contributed by atoms with Crippen LogP contribution in [0.3, 0.4) is 0 Å². The molecule has 1 aromatic rings. The second kappa shape index (κ2) is 5.56. The zero-order valence-electron chi connectivity index (χ0n) is 9.94. The van der Waals surface area contributed by atoms with Gasteiger partial charge in [0.15, 0.2) is 10.4 Å². The first-order chi connectivity index (χ1) is 8.60. The summed E-state index contributed by atoms with van der Waals surface area (Å²) in [6.07, 6.45) is 2.27. The highest BCUT2D eigenvalue weighted by molar-refractivity contribution is 9.10. The first-order valence-corrected chi connectivity index (χ1v) is 6.52. The highest BCUT2D eigenvalue weighted by atomic mass is 79.9. The monoisotopic (exact) mass is 315 g/mol. The molecule has 0 aliphatic heterocycles. The van der Waals surface area contributed by atoms with Crippen LogP contribution in [0.25, 0.3) is 0 Å². The van der Waals surface area contributed by atoms with E-state index in [1.54, 1.807) is 12.1 Å². The molecule has 1 aliphatic carbocycles. The third-order valence-electron chi connectivity index (χ3n) is 2.92. The highest BCUT2D eigenvalue weighted by Crippen LogP contribution is 2.34. The predicted molar refractivity (Wildman–Crippen MR) is 67.0 cm³/mol. The third kappa shape index (κ3) is 3.35. The molecule has 1 saturated carbocycles. The van der Waals surface area contributed by atoms with Crippen LogP contribution in [0.5, 0.6) is 0 Å². The van der Waals surface area contributed by atoms with Crippen molar-refractivity contribution in [2.75, 3.05) is 7.11 Å². The minimum absolute atomic E-state index is 0.172. The number of furan rings is 1. The smallest absolute Gasteiger partial charge is 0.307 e. The molecule has 98 valence electrons. The van der Waals surface area contributed by atoms with Crippen LogP contribution in [0, 0.1) is 5.92 Å². The minimum atomic E-state index is -0.312. The van der Waals surface area contributed by atoms with Crippen LogP contribution < -0.4 is 5.32 Å². The van der Waals surface area contributed by atoms with Gasteiger partial charge >= 0.3 is 5.97 Å². The number of amides is 1. The van der Waals surface area contributed by atoms with Gasteiger partial charge in [-0.1, -0.05) is 0 Å². The fourth-order valence-electron chi connectivity index (χ4n) is 1.77. The van der Waals surface area contributed by atoms with Gasteiger partial charge in [-0.05, 0) is 46.8 Å². The Balaban J connectivity index is 1.96. The van der Waals surface area contributed by atoms with Crippen molar-refractivity contribution in [1.82, 2.24) is 5.32 Å². The lowest BCUT2D eigenvalue weighted by Crippen LogP contribution is -2.38. The number of hydrogen-bond acceptors (Lipinski definition) is 4. The summed E-state index contributed by atoms with van der Waals surface area (Å²) in [7, 11) is 1.34. The van der Waals surface area contributed by atoms with Gasteiger partial charge in [-0.25, -0.2) is 0 Å². The average Bonchev–Trinajstić information content (AvgIpc) is 3.10. The van der Waals surface area contributed by atoms with Gasteiger partial charge in [-0.3, -0.25) is 9.59 Å². The summed E-state index contributed by atoms with van der Waals surface area (Å²) < 4.78 is 10.3. The lowest BCUT2D eigenvalue weighted by molar-refractivity contribution is -0.141. The summed E-state index contributed by atoms with van der Waals surface area (Å²) in [6.45, 7) is 0. The molecule has 0 saturated heterocycles. The van der Waals surface area contributed by atoms with Gasteiger partial charge in [0.05, 0.1) is 13.5 Å². The van der Waals surface area contributed by atoms with Crippen molar-refractivity contribution in [3.8, 4) is 0 Å². The van der Waals surface area contributed by atoms with Crippen molar-refractivity contribution in [2.45, 2.75) is 25.3 Å². The Kier molecular flexibility index (Phi) is 4.06. The molecule has 0 bridgehead atoms. The van der Waals surface area contributed by atoms with Crippen LogP contribution in [0.15, 0.2) is 21.2 Å². The molecule has 0 spiro atoms. The largest absolute Gasteiger partial charge is 0.469 e. The standard InChI is InChI=1S/C12H14BrNO4/c1-17-11(15)6-8(7-2-3-7)14-12(16)9-4-5-10(13)18-9/h4-5,7-8H,2-3,6H2,1H3,(H,14,16). The van der Waals surface area contributed by atoms with Crippen LogP contribution in [-0.2, 0) is 9.53 Å². The molecule has 1 N–H and O–H groups in total. The summed E-state index contributed by atoms with van der Waals surface area (Å²) in [5.74, 6) is -0.0156. The Bertz CT molecular complexity index is 453. The molecule has 0 radical (unpaired) electrons. The summed E-state index contributed by atoms with van der Waals surface area (Å²) in [5.41, 5.74) is 0. The van der Waals surface area contributed by atoms with Crippen molar-refractivity contribution in [3.05, 3.63) is 22.6 Å². The van der Waals surface area contributed by atoms with Crippen molar-refractivity contribution in [1.29, 1.82) is 0 Å². The number of esters is 1. The highest BCUT2D eigenvalue weighted by Gasteiger charge is 2.34. The number of rotatable bonds is 5. The van der Waals surface area contributed by atoms with Crippen molar-refractivity contribution < 1.29 is 18.7 Å². The fourth-order valence-corrected chi connectivity index (χ4v) is 2.08. The van der Waals surface area contributed by atoms with Crippen LogP contribution in [0.2, 0.25) is 0 Å². The molecular formula is C12H14BrNO4. The SMILES string of the molecule is COC(=O)CC(NC(=O)c1ccc(Br)o1)C1CC1. The Morgan fingerprint density at radius 1 is 1.56 bits per heavy atom. The van der Waals surface area contributed by atoms with Crippen LogP contribution in [0.4, 0.5) is 0 Å². The molecule has 1 aromatic heterocycles. The van der Waals surface area contributed by atoms with Gasteiger partial charge in [0.2, 0.25) is 0 Å². The molecule has 1 fully saturated rings. The van der Waals surface area contributed by atoms with Gasteiger partial charge in [-0.2, -0.15) is 0 Å². The predicted octanol–water partition coefficient (Wildman–Crippen LogP) is 2.11. The zero-order chi connectivity index (χ0) is 13.1. The molecule has 1 unspecified atom stereocenters. The summed E-state index contributed by atoms with van der Waals surface area (Å²) in [4.78, 5) is 23.2. The first-order valence-electron chi connectivity index (χ1n) is 5.73. The van der Waals surface area contributed by atoms with E-state index in [1.165, 1.54) is 7.11 Å². The molecule has 0 aromatic carbocycles.